The number of benzene rings is 2. The quantitative estimate of drug-likeness (QED) is 0.333. The van der Waals surface area contributed by atoms with E-state index in [2.05, 4.69) is 9.69 Å². The minimum absolute atomic E-state index is 0.0283. The highest BCUT2D eigenvalue weighted by Crippen LogP contribution is 2.34. The van der Waals surface area contributed by atoms with Crippen molar-refractivity contribution < 1.29 is 18.7 Å². The molecule has 1 saturated carbocycles. The second-order valence-electron chi connectivity index (χ2n) is 8.57. The minimum Gasteiger partial charge on any atom is -0.494 e. The van der Waals surface area contributed by atoms with Gasteiger partial charge in [0.05, 0.1) is 6.61 Å². The van der Waals surface area contributed by atoms with E-state index in [1.807, 2.05) is 6.92 Å². The number of hydrogen-bond donors (Lipinski definition) is 1. The van der Waals surface area contributed by atoms with Crippen LogP contribution in [0.3, 0.4) is 0 Å². The molecule has 0 aliphatic heterocycles. The van der Waals surface area contributed by atoms with Gasteiger partial charge in [0.15, 0.2) is 5.69 Å². The molecule has 190 valence electrons. The van der Waals surface area contributed by atoms with E-state index in [-0.39, 0.29) is 33.5 Å². The van der Waals surface area contributed by atoms with Gasteiger partial charge in [-0.15, -0.1) is 0 Å². The average Bonchev–Trinajstić information content (AvgIpc) is 3.50. The first-order valence-electron chi connectivity index (χ1n) is 11.8. The third kappa shape index (κ3) is 6.17. The summed E-state index contributed by atoms with van der Waals surface area (Å²) in [6, 6.07) is 11.9. The van der Waals surface area contributed by atoms with Crippen LogP contribution in [0.4, 0.5) is 4.39 Å². The second kappa shape index (κ2) is 12.0. The maximum Gasteiger partial charge on any atom is 0.276 e. The molecule has 10 heteroatoms. The Balaban J connectivity index is 1.76. The fourth-order valence-electron chi connectivity index (χ4n) is 4.33. The molecule has 0 saturated heterocycles. The maximum atomic E-state index is 13.8. The van der Waals surface area contributed by atoms with Gasteiger partial charge in [-0.1, -0.05) is 60.3 Å². The van der Waals surface area contributed by atoms with Gasteiger partial charge in [-0.05, 0) is 66.7 Å². The lowest BCUT2D eigenvalue weighted by Crippen LogP contribution is -2.46. The Morgan fingerprint density at radius 1 is 1.14 bits per heavy atom. The van der Waals surface area contributed by atoms with Crippen LogP contribution in [0.1, 0.15) is 60.3 Å². The van der Waals surface area contributed by atoms with Gasteiger partial charge >= 0.3 is 0 Å². The van der Waals surface area contributed by atoms with E-state index < -0.39 is 17.8 Å². The lowest BCUT2D eigenvalue weighted by Gasteiger charge is -2.32. The zero-order chi connectivity index (χ0) is 25.7. The lowest BCUT2D eigenvalue weighted by molar-refractivity contribution is -0.126. The number of halogens is 3. The van der Waals surface area contributed by atoms with Gasteiger partial charge in [0, 0.05) is 12.6 Å². The molecule has 1 aromatic heterocycles. The molecule has 1 heterocycles. The molecule has 1 fully saturated rings. The normalized spacial score (nSPS) is 14.4. The van der Waals surface area contributed by atoms with Crippen LogP contribution in [-0.2, 0) is 11.3 Å². The van der Waals surface area contributed by atoms with E-state index in [0.717, 1.165) is 37.2 Å². The third-order valence-corrected chi connectivity index (χ3v) is 7.71. The molecule has 2 aromatic carbocycles. The summed E-state index contributed by atoms with van der Waals surface area (Å²) in [5.74, 6) is -0.596. The summed E-state index contributed by atoms with van der Waals surface area (Å²) in [6.07, 6.45) is 3.87. The minimum atomic E-state index is -0.990. The number of rotatable bonds is 9. The molecule has 3 aromatic rings. The Bertz CT molecular complexity index is 1200. The van der Waals surface area contributed by atoms with Crippen LogP contribution in [0.25, 0.3) is 0 Å². The Labute approximate surface area is 223 Å². The summed E-state index contributed by atoms with van der Waals surface area (Å²) in [5, 5.41) is 3.16. The highest BCUT2D eigenvalue weighted by Gasteiger charge is 2.36. The number of nitrogens with one attached hydrogen (secondary N) is 1. The first-order valence-corrected chi connectivity index (χ1v) is 13.3. The Morgan fingerprint density at radius 3 is 2.39 bits per heavy atom. The average molecular weight is 550 g/mol. The molecule has 0 bridgehead atoms. The smallest absolute Gasteiger partial charge is 0.276 e. The van der Waals surface area contributed by atoms with Gasteiger partial charge in [-0.2, -0.15) is 4.37 Å². The largest absolute Gasteiger partial charge is 0.494 e. The Hall–Kier alpha value is -2.68. The van der Waals surface area contributed by atoms with E-state index in [0.29, 0.717) is 23.5 Å². The van der Waals surface area contributed by atoms with Gasteiger partial charge < -0.3 is 15.0 Å². The Morgan fingerprint density at radius 2 is 1.81 bits per heavy atom. The van der Waals surface area contributed by atoms with Gasteiger partial charge in [-0.25, -0.2) is 4.39 Å². The monoisotopic (exact) mass is 549 g/mol. The highest BCUT2D eigenvalue weighted by molar-refractivity contribution is 7.11. The zero-order valence-corrected chi connectivity index (χ0v) is 22.0. The molecule has 6 nitrogen and oxygen atoms in total. The van der Waals surface area contributed by atoms with Crippen molar-refractivity contribution in [3.8, 4) is 5.75 Å². The number of hydrogen-bond acceptors (Lipinski definition) is 5. The summed E-state index contributed by atoms with van der Waals surface area (Å²) < 4.78 is 23.5. The molecule has 2 amide bonds. The molecule has 36 heavy (non-hydrogen) atoms. The highest BCUT2D eigenvalue weighted by atomic mass is 35.5. The van der Waals surface area contributed by atoms with Crippen LogP contribution < -0.4 is 10.1 Å². The van der Waals surface area contributed by atoms with Crippen molar-refractivity contribution in [3.05, 3.63) is 80.5 Å². The van der Waals surface area contributed by atoms with E-state index in [1.165, 1.54) is 17.0 Å². The van der Waals surface area contributed by atoms with Crippen molar-refractivity contribution in [2.75, 3.05) is 6.61 Å². The number of carbonyl (C=O) groups is 2. The van der Waals surface area contributed by atoms with Gasteiger partial charge in [0.1, 0.15) is 27.0 Å². The molecular formula is C26H26Cl2FN3O3S. The van der Waals surface area contributed by atoms with Crippen LogP contribution in [0.2, 0.25) is 9.36 Å². The van der Waals surface area contributed by atoms with Gasteiger partial charge in [-0.3, -0.25) is 9.59 Å². The van der Waals surface area contributed by atoms with Crippen LogP contribution in [0.15, 0.2) is 48.5 Å². The first-order chi connectivity index (χ1) is 17.4. The Kier molecular flexibility index (Phi) is 8.82. The van der Waals surface area contributed by atoms with Crippen molar-refractivity contribution in [3.63, 3.8) is 0 Å². The molecule has 1 aliphatic carbocycles. The van der Waals surface area contributed by atoms with Gasteiger partial charge in [0.2, 0.25) is 5.91 Å². The molecule has 1 N–H and O–H groups in total. The molecule has 1 aliphatic rings. The fourth-order valence-corrected chi connectivity index (χ4v) is 5.32. The van der Waals surface area contributed by atoms with Gasteiger partial charge in [0.25, 0.3) is 5.91 Å². The van der Waals surface area contributed by atoms with Crippen molar-refractivity contribution in [1.29, 1.82) is 0 Å². The number of aromatic nitrogens is 1. The number of amides is 2. The standard InChI is InChI=1S/C26H26Cl2FN3O3S/c1-2-35-20-13-9-17(10-14-20)23(25(33)30-19-5-3-4-6-19)32(15-16-7-11-18(29)12-8-16)26(34)22-21(27)24(28)36-31-22/h7-14,19,23H,2-6,15H2,1H3,(H,30,33)/t23-/m0/s1. The van der Waals surface area contributed by atoms with E-state index in [4.69, 9.17) is 27.9 Å². The first kappa shape index (κ1) is 26.4. The molecule has 0 spiro atoms. The summed E-state index contributed by atoms with van der Waals surface area (Å²) in [4.78, 5) is 29.0. The van der Waals surface area contributed by atoms with E-state index >= 15 is 0 Å². The number of nitrogens with zero attached hydrogens (tertiary/aromatic N) is 2. The SMILES string of the molecule is CCOc1ccc([C@@H](C(=O)NC2CCCC2)N(Cc2ccc(F)cc2)C(=O)c2nsc(Cl)c2Cl)cc1. The van der Waals surface area contributed by atoms with Crippen molar-refractivity contribution >= 4 is 46.5 Å². The summed E-state index contributed by atoms with van der Waals surface area (Å²) in [7, 11) is 0. The lowest BCUT2D eigenvalue weighted by atomic mass is 10.0. The molecular weight excluding hydrogens is 524 g/mol. The molecule has 4 rings (SSSR count). The summed E-state index contributed by atoms with van der Waals surface area (Å²) in [5.41, 5.74) is 1.21. The van der Waals surface area contributed by atoms with E-state index in [1.54, 1.807) is 36.4 Å². The topological polar surface area (TPSA) is 71.5 Å². The van der Waals surface area contributed by atoms with Crippen LogP contribution >= 0.6 is 34.7 Å². The maximum absolute atomic E-state index is 13.8. The predicted octanol–water partition coefficient (Wildman–Crippen LogP) is 6.43. The van der Waals surface area contributed by atoms with Crippen LogP contribution in [0.5, 0.6) is 5.75 Å². The van der Waals surface area contributed by atoms with Crippen molar-refractivity contribution in [2.45, 2.75) is 51.2 Å². The number of ether oxygens (including phenoxy) is 1. The fraction of sp³-hybridized carbons (Fsp3) is 0.346. The van der Waals surface area contributed by atoms with Crippen molar-refractivity contribution in [2.24, 2.45) is 0 Å². The summed E-state index contributed by atoms with van der Waals surface area (Å²) in [6.45, 7) is 2.42. The van der Waals surface area contributed by atoms with E-state index in [9.17, 15) is 14.0 Å². The second-order valence-corrected chi connectivity index (χ2v) is 10.3. The molecule has 1 atom stereocenters. The summed E-state index contributed by atoms with van der Waals surface area (Å²) >= 11 is 13.3. The number of carbonyl (C=O) groups excluding carboxylic acids is 2. The third-order valence-electron chi connectivity index (χ3n) is 6.10. The van der Waals surface area contributed by atoms with Crippen molar-refractivity contribution in [1.82, 2.24) is 14.6 Å². The van der Waals surface area contributed by atoms with Crippen LogP contribution in [0, 0.1) is 5.82 Å². The molecule has 0 radical (unpaired) electrons. The zero-order valence-electron chi connectivity index (χ0n) is 19.7. The predicted molar refractivity (Wildman–Crippen MR) is 139 cm³/mol. The molecule has 0 unspecified atom stereocenters. The van der Waals surface area contributed by atoms with Crippen LogP contribution in [-0.4, -0.2) is 33.7 Å².